The van der Waals surface area contributed by atoms with Gasteiger partial charge in [-0.25, -0.2) is 0 Å². The molecule has 4 nitrogen and oxygen atoms in total. The van der Waals surface area contributed by atoms with Gasteiger partial charge in [-0.05, 0) is 39.3 Å². The molecule has 0 spiro atoms. The molecule has 1 fully saturated rings. The first kappa shape index (κ1) is 16.1. The lowest BCUT2D eigenvalue weighted by molar-refractivity contribution is -0.138. The fourth-order valence-electron chi connectivity index (χ4n) is 2.61. The molecule has 1 saturated heterocycles. The number of nitrogens with one attached hydrogen (secondary N) is 1. The molecule has 1 heterocycles. The molecule has 0 aliphatic carbocycles. The van der Waals surface area contributed by atoms with Crippen LogP contribution in [0.1, 0.15) is 31.7 Å². The molecule has 0 saturated carbocycles. The van der Waals surface area contributed by atoms with Crippen molar-refractivity contribution >= 4 is 17.5 Å². The van der Waals surface area contributed by atoms with Crippen LogP contribution in [0.15, 0.2) is 18.2 Å². The SMILES string of the molecule is CNCc1cccc(Cl)c1OC(C)C(=O)N1CCCCC1. The Bertz CT molecular complexity index is 487. The molecule has 1 aromatic carbocycles. The molecule has 1 atom stereocenters. The molecule has 1 unspecified atom stereocenters. The van der Waals surface area contributed by atoms with Crippen LogP contribution in [0.2, 0.25) is 5.02 Å². The Kier molecular flexibility index (Phi) is 5.88. The second-order valence-corrected chi connectivity index (χ2v) is 5.81. The van der Waals surface area contributed by atoms with E-state index in [0.29, 0.717) is 17.3 Å². The molecule has 1 N–H and O–H groups in total. The Morgan fingerprint density at radius 1 is 1.38 bits per heavy atom. The van der Waals surface area contributed by atoms with E-state index in [1.807, 2.05) is 24.1 Å². The molecule has 5 heteroatoms. The third-order valence-corrected chi connectivity index (χ3v) is 4.02. The van der Waals surface area contributed by atoms with E-state index in [1.165, 1.54) is 6.42 Å². The van der Waals surface area contributed by atoms with Crippen LogP contribution in [0.5, 0.6) is 5.75 Å². The Morgan fingerprint density at radius 2 is 2.10 bits per heavy atom. The van der Waals surface area contributed by atoms with Gasteiger partial charge in [0.05, 0.1) is 5.02 Å². The Morgan fingerprint density at radius 3 is 2.76 bits per heavy atom. The number of ether oxygens (including phenoxy) is 1. The molecule has 2 rings (SSSR count). The Hall–Kier alpha value is -1.26. The number of rotatable bonds is 5. The summed E-state index contributed by atoms with van der Waals surface area (Å²) in [5.74, 6) is 0.649. The fraction of sp³-hybridized carbons (Fsp3) is 0.562. The minimum Gasteiger partial charge on any atom is -0.479 e. The number of para-hydroxylation sites is 1. The molecule has 1 amide bonds. The van der Waals surface area contributed by atoms with Crippen molar-refractivity contribution in [3.8, 4) is 5.75 Å². The Labute approximate surface area is 131 Å². The van der Waals surface area contributed by atoms with Crippen molar-refractivity contribution in [2.75, 3.05) is 20.1 Å². The maximum atomic E-state index is 12.4. The normalized spacial score (nSPS) is 16.6. The van der Waals surface area contributed by atoms with Gasteiger partial charge in [-0.15, -0.1) is 0 Å². The highest BCUT2D eigenvalue weighted by Crippen LogP contribution is 2.30. The van der Waals surface area contributed by atoms with E-state index in [4.69, 9.17) is 16.3 Å². The second kappa shape index (κ2) is 7.66. The average Bonchev–Trinajstić information content (AvgIpc) is 2.51. The topological polar surface area (TPSA) is 41.6 Å². The first-order valence-corrected chi connectivity index (χ1v) is 7.88. The van der Waals surface area contributed by atoms with E-state index < -0.39 is 6.10 Å². The van der Waals surface area contributed by atoms with E-state index in [0.717, 1.165) is 31.5 Å². The maximum absolute atomic E-state index is 12.4. The van der Waals surface area contributed by atoms with Gasteiger partial charge in [-0.3, -0.25) is 4.79 Å². The summed E-state index contributed by atoms with van der Waals surface area (Å²) >= 11 is 6.22. The molecule has 116 valence electrons. The summed E-state index contributed by atoms with van der Waals surface area (Å²) in [6, 6.07) is 5.63. The molecular weight excluding hydrogens is 288 g/mol. The average molecular weight is 311 g/mol. The number of carbonyl (C=O) groups is 1. The van der Waals surface area contributed by atoms with Crippen LogP contribution < -0.4 is 10.1 Å². The number of nitrogens with zero attached hydrogens (tertiary/aromatic N) is 1. The predicted octanol–water partition coefficient (Wildman–Crippen LogP) is 2.84. The minimum atomic E-state index is -0.515. The fourth-order valence-corrected chi connectivity index (χ4v) is 2.85. The third kappa shape index (κ3) is 4.11. The van der Waals surface area contributed by atoms with Crippen LogP contribution in [0.3, 0.4) is 0 Å². The van der Waals surface area contributed by atoms with E-state index in [9.17, 15) is 4.79 Å². The smallest absolute Gasteiger partial charge is 0.263 e. The molecule has 0 bridgehead atoms. The lowest BCUT2D eigenvalue weighted by atomic mass is 10.1. The van der Waals surface area contributed by atoms with E-state index in [-0.39, 0.29) is 5.91 Å². The number of hydrogen-bond donors (Lipinski definition) is 1. The summed E-state index contributed by atoms with van der Waals surface area (Å²) in [7, 11) is 1.87. The highest BCUT2D eigenvalue weighted by molar-refractivity contribution is 6.32. The molecule has 21 heavy (non-hydrogen) atoms. The van der Waals surface area contributed by atoms with E-state index in [1.54, 1.807) is 13.0 Å². The first-order chi connectivity index (χ1) is 10.1. The van der Waals surface area contributed by atoms with Crippen molar-refractivity contribution in [2.24, 2.45) is 0 Å². The quantitative estimate of drug-likeness (QED) is 0.909. The second-order valence-electron chi connectivity index (χ2n) is 5.40. The molecule has 1 aromatic rings. The largest absolute Gasteiger partial charge is 0.479 e. The van der Waals surface area contributed by atoms with Crippen LogP contribution in [-0.4, -0.2) is 37.0 Å². The summed E-state index contributed by atoms with van der Waals surface area (Å²) < 4.78 is 5.88. The highest BCUT2D eigenvalue weighted by Gasteiger charge is 2.24. The molecule has 1 aliphatic rings. The summed E-state index contributed by atoms with van der Waals surface area (Å²) in [6.07, 6.45) is 2.85. The molecule has 0 radical (unpaired) electrons. The van der Waals surface area contributed by atoms with Crippen molar-refractivity contribution < 1.29 is 9.53 Å². The summed E-state index contributed by atoms with van der Waals surface area (Å²) in [4.78, 5) is 14.3. The Balaban J connectivity index is 2.07. The lowest BCUT2D eigenvalue weighted by Crippen LogP contribution is -2.43. The van der Waals surface area contributed by atoms with Crippen LogP contribution in [0.4, 0.5) is 0 Å². The van der Waals surface area contributed by atoms with Gasteiger partial charge in [0.15, 0.2) is 6.10 Å². The van der Waals surface area contributed by atoms with Crippen LogP contribution in [0.25, 0.3) is 0 Å². The summed E-state index contributed by atoms with van der Waals surface area (Å²) in [5, 5.41) is 3.63. The zero-order valence-corrected chi connectivity index (χ0v) is 13.4. The van der Waals surface area contributed by atoms with Crippen LogP contribution in [0, 0.1) is 0 Å². The molecule has 0 aromatic heterocycles. The number of amides is 1. The number of hydrogen-bond acceptors (Lipinski definition) is 3. The number of likely N-dealkylation sites (tertiary alicyclic amines) is 1. The number of halogens is 1. The monoisotopic (exact) mass is 310 g/mol. The zero-order valence-electron chi connectivity index (χ0n) is 12.7. The van der Waals surface area contributed by atoms with Gasteiger partial charge >= 0.3 is 0 Å². The summed E-state index contributed by atoms with van der Waals surface area (Å²) in [6.45, 7) is 4.11. The van der Waals surface area contributed by atoms with Gasteiger partial charge < -0.3 is 15.0 Å². The van der Waals surface area contributed by atoms with Gasteiger partial charge in [0.25, 0.3) is 5.91 Å². The molecular formula is C16H23ClN2O2. The predicted molar refractivity (Wildman–Crippen MR) is 84.7 cm³/mol. The van der Waals surface area contributed by atoms with Crippen molar-refractivity contribution in [3.05, 3.63) is 28.8 Å². The van der Waals surface area contributed by atoms with Gasteiger partial charge in [0, 0.05) is 25.2 Å². The highest BCUT2D eigenvalue weighted by atomic mass is 35.5. The van der Waals surface area contributed by atoms with Crippen LogP contribution >= 0.6 is 11.6 Å². The first-order valence-electron chi connectivity index (χ1n) is 7.51. The molecule has 1 aliphatic heterocycles. The van der Waals surface area contributed by atoms with Crippen molar-refractivity contribution in [2.45, 2.75) is 38.8 Å². The maximum Gasteiger partial charge on any atom is 0.263 e. The van der Waals surface area contributed by atoms with E-state index >= 15 is 0 Å². The number of carbonyl (C=O) groups excluding carboxylic acids is 1. The number of benzene rings is 1. The van der Waals surface area contributed by atoms with Gasteiger partial charge in [-0.2, -0.15) is 0 Å². The van der Waals surface area contributed by atoms with Gasteiger partial charge in [0.1, 0.15) is 5.75 Å². The zero-order chi connectivity index (χ0) is 15.2. The van der Waals surface area contributed by atoms with Crippen molar-refractivity contribution in [1.82, 2.24) is 10.2 Å². The van der Waals surface area contributed by atoms with Gasteiger partial charge in [-0.1, -0.05) is 23.7 Å². The van der Waals surface area contributed by atoms with Gasteiger partial charge in [0.2, 0.25) is 0 Å². The van der Waals surface area contributed by atoms with Crippen LogP contribution in [-0.2, 0) is 11.3 Å². The van der Waals surface area contributed by atoms with Crippen molar-refractivity contribution in [1.29, 1.82) is 0 Å². The standard InChI is InChI=1S/C16H23ClN2O2/c1-12(16(20)19-9-4-3-5-10-19)21-15-13(11-18-2)7-6-8-14(15)17/h6-8,12,18H,3-5,9-11H2,1-2H3. The number of piperidine rings is 1. The minimum absolute atomic E-state index is 0.0463. The van der Waals surface area contributed by atoms with E-state index in [2.05, 4.69) is 5.32 Å². The van der Waals surface area contributed by atoms with Crippen molar-refractivity contribution in [3.63, 3.8) is 0 Å². The lowest BCUT2D eigenvalue weighted by Gasteiger charge is -2.29. The third-order valence-electron chi connectivity index (χ3n) is 3.73. The summed E-state index contributed by atoms with van der Waals surface area (Å²) in [5.41, 5.74) is 0.961.